The smallest absolute Gasteiger partial charge is 0.185 e. The van der Waals surface area contributed by atoms with Gasteiger partial charge in [-0.3, -0.25) is 0 Å². The van der Waals surface area contributed by atoms with E-state index in [-0.39, 0.29) is 0 Å². The maximum Gasteiger partial charge on any atom is 0.185 e. The lowest BCUT2D eigenvalue weighted by molar-refractivity contribution is 0.640. The fraction of sp³-hybridized carbons (Fsp3) is 0.412. The zero-order chi connectivity index (χ0) is 17.4. The first-order valence-corrected chi connectivity index (χ1v) is 9.21. The molecule has 0 bridgehead atoms. The fourth-order valence-electron chi connectivity index (χ4n) is 3.08. The van der Waals surface area contributed by atoms with Crippen LogP contribution in [0.25, 0.3) is 5.82 Å². The molecule has 4 heterocycles. The van der Waals surface area contributed by atoms with E-state index in [9.17, 15) is 0 Å². The van der Waals surface area contributed by atoms with Crippen LogP contribution in [-0.4, -0.2) is 51.1 Å². The Bertz CT molecular complexity index is 860. The van der Waals surface area contributed by atoms with Crippen molar-refractivity contribution in [3.63, 3.8) is 0 Å². The maximum absolute atomic E-state index is 4.48. The number of aryl methyl sites for hydroxylation is 3. The molecule has 7 nitrogen and oxygen atoms in total. The van der Waals surface area contributed by atoms with Crippen LogP contribution in [0.5, 0.6) is 0 Å². The van der Waals surface area contributed by atoms with Crippen molar-refractivity contribution < 1.29 is 0 Å². The molecule has 0 saturated carbocycles. The van der Waals surface area contributed by atoms with Crippen LogP contribution in [0.2, 0.25) is 0 Å². The van der Waals surface area contributed by atoms with Crippen LogP contribution in [0, 0.1) is 20.8 Å². The predicted octanol–water partition coefficient (Wildman–Crippen LogP) is 2.37. The monoisotopic (exact) mass is 355 g/mol. The molecule has 0 amide bonds. The standard InChI is InChI=1S/C17H21N7S/c1-12-10-13(2)24(21-12)16-5-4-15(19-20-16)22-6-8-23(9-7-22)17-18-11-14(3)25-17/h4-5,10-11H,6-9H2,1-3H3. The first-order chi connectivity index (χ1) is 12.1. The number of hydrogen-bond acceptors (Lipinski definition) is 7. The molecule has 0 N–H and O–H groups in total. The van der Waals surface area contributed by atoms with Gasteiger partial charge in [0, 0.05) is 42.9 Å². The van der Waals surface area contributed by atoms with Crippen LogP contribution in [0.4, 0.5) is 10.9 Å². The molecule has 0 aromatic carbocycles. The Balaban J connectivity index is 1.44. The first kappa shape index (κ1) is 16.0. The maximum atomic E-state index is 4.48. The van der Waals surface area contributed by atoms with Gasteiger partial charge in [-0.15, -0.1) is 21.5 Å². The Morgan fingerprint density at radius 1 is 0.920 bits per heavy atom. The third-order valence-corrected chi connectivity index (χ3v) is 5.32. The zero-order valence-corrected chi connectivity index (χ0v) is 15.5. The molecule has 0 spiro atoms. The van der Waals surface area contributed by atoms with Crippen molar-refractivity contribution in [3.8, 4) is 5.82 Å². The summed E-state index contributed by atoms with van der Waals surface area (Å²) >= 11 is 1.75. The molecule has 1 aliphatic rings. The van der Waals surface area contributed by atoms with Crippen molar-refractivity contribution in [3.05, 3.63) is 40.7 Å². The lowest BCUT2D eigenvalue weighted by Gasteiger charge is -2.35. The molecule has 0 radical (unpaired) electrons. The summed E-state index contributed by atoms with van der Waals surface area (Å²) in [6.07, 6.45) is 1.94. The minimum atomic E-state index is 0.756. The van der Waals surface area contributed by atoms with E-state index in [0.29, 0.717) is 0 Å². The third-order valence-electron chi connectivity index (χ3n) is 4.35. The largest absolute Gasteiger partial charge is 0.352 e. The summed E-state index contributed by atoms with van der Waals surface area (Å²) in [5.74, 6) is 1.67. The van der Waals surface area contributed by atoms with Gasteiger partial charge in [0.05, 0.1) is 5.69 Å². The van der Waals surface area contributed by atoms with Crippen molar-refractivity contribution in [2.24, 2.45) is 0 Å². The van der Waals surface area contributed by atoms with Gasteiger partial charge in [-0.1, -0.05) is 0 Å². The average Bonchev–Trinajstić information content (AvgIpc) is 3.20. The Kier molecular flexibility index (Phi) is 4.12. The van der Waals surface area contributed by atoms with Gasteiger partial charge in [0.1, 0.15) is 0 Å². The average molecular weight is 355 g/mol. The van der Waals surface area contributed by atoms with Crippen molar-refractivity contribution in [2.45, 2.75) is 20.8 Å². The lowest BCUT2D eigenvalue weighted by Crippen LogP contribution is -2.46. The second kappa shape index (κ2) is 6.44. The number of aromatic nitrogens is 5. The molecule has 0 aliphatic carbocycles. The van der Waals surface area contributed by atoms with Gasteiger partial charge >= 0.3 is 0 Å². The second-order valence-corrected chi connectivity index (χ2v) is 7.53. The highest BCUT2D eigenvalue weighted by atomic mass is 32.1. The fourth-order valence-corrected chi connectivity index (χ4v) is 3.89. The van der Waals surface area contributed by atoms with Crippen LogP contribution in [0.3, 0.4) is 0 Å². The van der Waals surface area contributed by atoms with E-state index in [0.717, 1.165) is 54.3 Å². The number of piperazine rings is 1. The van der Waals surface area contributed by atoms with Gasteiger partial charge < -0.3 is 9.80 Å². The van der Waals surface area contributed by atoms with E-state index < -0.39 is 0 Å². The van der Waals surface area contributed by atoms with Crippen molar-refractivity contribution >= 4 is 22.3 Å². The summed E-state index contributed by atoms with van der Waals surface area (Å²) in [6, 6.07) is 6.05. The van der Waals surface area contributed by atoms with Crippen LogP contribution in [-0.2, 0) is 0 Å². The number of nitrogens with zero attached hydrogens (tertiary/aromatic N) is 7. The minimum absolute atomic E-state index is 0.756. The second-order valence-electron chi connectivity index (χ2n) is 6.32. The van der Waals surface area contributed by atoms with Crippen molar-refractivity contribution in [1.82, 2.24) is 25.0 Å². The number of hydrogen-bond donors (Lipinski definition) is 0. The van der Waals surface area contributed by atoms with Gasteiger partial charge in [0.2, 0.25) is 0 Å². The summed E-state index contributed by atoms with van der Waals surface area (Å²) in [6.45, 7) is 9.85. The molecule has 4 rings (SSSR count). The van der Waals surface area contributed by atoms with Gasteiger partial charge in [0.25, 0.3) is 0 Å². The summed E-state index contributed by atoms with van der Waals surface area (Å²) in [4.78, 5) is 10.3. The SMILES string of the molecule is Cc1cc(C)n(-c2ccc(N3CCN(c4ncc(C)s4)CC3)nn2)n1. The Hall–Kier alpha value is -2.48. The molecule has 8 heteroatoms. The molecular weight excluding hydrogens is 334 g/mol. The van der Waals surface area contributed by atoms with Crippen LogP contribution in [0.1, 0.15) is 16.3 Å². The van der Waals surface area contributed by atoms with E-state index in [1.807, 2.05) is 42.9 Å². The molecule has 3 aromatic heterocycles. The highest BCUT2D eigenvalue weighted by Crippen LogP contribution is 2.24. The Morgan fingerprint density at radius 3 is 2.16 bits per heavy atom. The van der Waals surface area contributed by atoms with E-state index in [4.69, 9.17) is 0 Å². The molecular formula is C17H21N7S. The van der Waals surface area contributed by atoms with E-state index in [2.05, 4.69) is 37.0 Å². The lowest BCUT2D eigenvalue weighted by atomic mass is 10.3. The van der Waals surface area contributed by atoms with Crippen LogP contribution in [0.15, 0.2) is 24.4 Å². The van der Waals surface area contributed by atoms with Gasteiger partial charge in [0.15, 0.2) is 16.8 Å². The summed E-state index contributed by atoms with van der Waals surface area (Å²) < 4.78 is 1.83. The van der Waals surface area contributed by atoms with Crippen molar-refractivity contribution in [1.29, 1.82) is 0 Å². The quantitative estimate of drug-likeness (QED) is 0.719. The molecule has 25 heavy (non-hydrogen) atoms. The van der Waals surface area contributed by atoms with Gasteiger partial charge in [-0.25, -0.2) is 9.67 Å². The predicted molar refractivity (Wildman–Crippen MR) is 99.9 cm³/mol. The Labute approximate surface area is 150 Å². The number of rotatable bonds is 3. The molecule has 1 saturated heterocycles. The Morgan fingerprint density at radius 2 is 1.60 bits per heavy atom. The van der Waals surface area contributed by atoms with Crippen molar-refractivity contribution in [2.75, 3.05) is 36.0 Å². The molecule has 0 unspecified atom stereocenters. The van der Waals surface area contributed by atoms with E-state index in [1.165, 1.54) is 4.88 Å². The van der Waals surface area contributed by atoms with E-state index >= 15 is 0 Å². The van der Waals surface area contributed by atoms with Gasteiger partial charge in [-0.05, 0) is 39.0 Å². The summed E-state index contributed by atoms with van der Waals surface area (Å²) in [5.41, 5.74) is 2.05. The molecule has 1 aliphatic heterocycles. The summed E-state index contributed by atoms with van der Waals surface area (Å²) in [7, 11) is 0. The normalized spacial score (nSPS) is 15.0. The van der Waals surface area contributed by atoms with Crippen LogP contribution >= 0.6 is 11.3 Å². The molecule has 0 atom stereocenters. The highest BCUT2D eigenvalue weighted by Gasteiger charge is 2.20. The molecule has 3 aromatic rings. The van der Waals surface area contributed by atoms with Gasteiger partial charge in [-0.2, -0.15) is 5.10 Å². The number of thiazole rings is 1. The molecule has 130 valence electrons. The van der Waals surface area contributed by atoms with E-state index in [1.54, 1.807) is 11.3 Å². The minimum Gasteiger partial charge on any atom is -0.352 e. The van der Waals surface area contributed by atoms with Crippen LogP contribution < -0.4 is 9.80 Å². The first-order valence-electron chi connectivity index (χ1n) is 8.40. The number of anilines is 2. The topological polar surface area (TPSA) is 63.0 Å². The zero-order valence-electron chi connectivity index (χ0n) is 14.7. The summed E-state index contributed by atoms with van der Waals surface area (Å²) in [5, 5.41) is 14.3. The molecule has 1 fully saturated rings. The third kappa shape index (κ3) is 3.21. The highest BCUT2D eigenvalue weighted by molar-refractivity contribution is 7.15.